The maximum Gasteiger partial charge on any atom is 0.0705 e. The van der Waals surface area contributed by atoms with Gasteiger partial charge >= 0.3 is 0 Å². The van der Waals surface area contributed by atoms with E-state index in [-0.39, 0.29) is 0 Å². The molecule has 0 bridgehead atoms. The van der Waals surface area contributed by atoms with Crippen molar-refractivity contribution in [2.45, 2.75) is 13.5 Å². The largest absolute Gasteiger partial charge is 0.381 e. The van der Waals surface area contributed by atoms with E-state index >= 15 is 0 Å². The van der Waals surface area contributed by atoms with Crippen molar-refractivity contribution < 1.29 is 0 Å². The highest BCUT2D eigenvalue weighted by molar-refractivity contribution is 9.10. The van der Waals surface area contributed by atoms with Crippen LogP contribution in [0.4, 0.5) is 5.69 Å². The van der Waals surface area contributed by atoms with E-state index in [9.17, 15) is 0 Å². The van der Waals surface area contributed by atoms with E-state index in [2.05, 4.69) is 62.6 Å². The molecule has 100 valence electrons. The smallest absolute Gasteiger partial charge is 0.0705 e. The van der Waals surface area contributed by atoms with E-state index in [0.717, 1.165) is 27.9 Å². The van der Waals surface area contributed by atoms with Crippen LogP contribution >= 0.6 is 15.9 Å². The van der Waals surface area contributed by atoms with Crippen molar-refractivity contribution in [2.75, 3.05) is 5.32 Å². The van der Waals surface area contributed by atoms with Gasteiger partial charge in [0.2, 0.25) is 0 Å². The van der Waals surface area contributed by atoms with Gasteiger partial charge in [0, 0.05) is 27.8 Å². The summed E-state index contributed by atoms with van der Waals surface area (Å²) in [6.07, 6.45) is 0. The molecule has 0 aliphatic carbocycles. The number of hydrogen-bond donors (Lipinski definition) is 1. The molecule has 20 heavy (non-hydrogen) atoms. The second-order valence-electron chi connectivity index (χ2n) is 4.84. The van der Waals surface area contributed by atoms with Crippen LogP contribution in [0.15, 0.2) is 59.1 Å². The molecule has 1 N–H and O–H groups in total. The average Bonchev–Trinajstić information content (AvgIpc) is 2.45. The molecule has 3 aromatic rings. The van der Waals surface area contributed by atoms with Gasteiger partial charge in [-0.3, -0.25) is 4.98 Å². The minimum Gasteiger partial charge on any atom is -0.381 e. The Labute approximate surface area is 127 Å². The molecule has 0 fully saturated rings. The van der Waals surface area contributed by atoms with Crippen molar-refractivity contribution >= 4 is 32.5 Å². The first-order valence-corrected chi connectivity index (χ1v) is 7.36. The van der Waals surface area contributed by atoms with Crippen LogP contribution in [0.3, 0.4) is 0 Å². The lowest BCUT2D eigenvalue weighted by atomic mass is 10.1. The van der Waals surface area contributed by atoms with Crippen LogP contribution < -0.4 is 5.32 Å². The van der Waals surface area contributed by atoms with Gasteiger partial charge in [-0.15, -0.1) is 0 Å². The quantitative estimate of drug-likeness (QED) is 0.739. The van der Waals surface area contributed by atoms with Crippen LogP contribution in [0.1, 0.15) is 11.3 Å². The van der Waals surface area contributed by atoms with Gasteiger partial charge in [0.25, 0.3) is 0 Å². The second kappa shape index (κ2) is 5.63. The summed E-state index contributed by atoms with van der Waals surface area (Å²) in [5.41, 5.74) is 4.47. The van der Waals surface area contributed by atoms with E-state index in [0.29, 0.717) is 0 Å². The van der Waals surface area contributed by atoms with Crippen molar-refractivity contribution in [1.82, 2.24) is 4.98 Å². The molecule has 0 radical (unpaired) electrons. The predicted octanol–water partition coefficient (Wildman–Crippen LogP) is 4.92. The average molecular weight is 327 g/mol. The zero-order valence-corrected chi connectivity index (χ0v) is 12.8. The third-order valence-electron chi connectivity index (χ3n) is 3.21. The fraction of sp³-hybridized carbons (Fsp3) is 0.118. The fourth-order valence-corrected chi connectivity index (χ4v) is 2.59. The second-order valence-corrected chi connectivity index (χ2v) is 5.76. The normalized spacial score (nSPS) is 10.7. The number of nitrogens with zero attached hydrogens (tertiary/aromatic N) is 1. The van der Waals surface area contributed by atoms with Crippen LogP contribution in [-0.4, -0.2) is 4.98 Å². The molecular formula is C17H15BrN2. The molecule has 1 aromatic heterocycles. The molecule has 0 unspecified atom stereocenters. The molecule has 2 nitrogen and oxygen atoms in total. The zero-order valence-electron chi connectivity index (χ0n) is 11.2. The first-order chi connectivity index (χ1) is 9.70. The Morgan fingerprint density at radius 3 is 2.80 bits per heavy atom. The molecule has 0 spiro atoms. The number of hydrogen-bond acceptors (Lipinski definition) is 2. The molecule has 2 aromatic carbocycles. The molecule has 0 atom stereocenters. The highest BCUT2D eigenvalue weighted by Crippen LogP contribution is 2.18. The Balaban J connectivity index is 1.79. The molecule has 0 saturated carbocycles. The number of nitrogens with one attached hydrogen (secondary N) is 1. The number of anilines is 1. The SMILES string of the molecule is Cc1ccc2cc(CNc3cccc(Br)c3)ccc2n1. The number of aryl methyl sites for hydroxylation is 1. The summed E-state index contributed by atoms with van der Waals surface area (Å²) in [4.78, 5) is 4.52. The summed E-state index contributed by atoms with van der Waals surface area (Å²) in [6.45, 7) is 2.82. The van der Waals surface area contributed by atoms with Crippen LogP contribution in [0, 0.1) is 6.92 Å². The Morgan fingerprint density at radius 2 is 1.95 bits per heavy atom. The van der Waals surface area contributed by atoms with Crippen molar-refractivity contribution in [1.29, 1.82) is 0 Å². The van der Waals surface area contributed by atoms with Crippen molar-refractivity contribution in [3.05, 3.63) is 70.3 Å². The summed E-state index contributed by atoms with van der Waals surface area (Å²) in [7, 11) is 0. The van der Waals surface area contributed by atoms with E-state index in [1.54, 1.807) is 0 Å². The Hall–Kier alpha value is -1.87. The van der Waals surface area contributed by atoms with Gasteiger partial charge in [-0.25, -0.2) is 0 Å². The monoisotopic (exact) mass is 326 g/mol. The summed E-state index contributed by atoms with van der Waals surface area (Å²) < 4.78 is 1.08. The first-order valence-electron chi connectivity index (χ1n) is 6.56. The lowest BCUT2D eigenvalue weighted by Crippen LogP contribution is -1.99. The summed E-state index contributed by atoms with van der Waals surface area (Å²) >= 11 is 3.48. The number of halogens is 1. The molecule has 0 aliphatic rings. The van der Waals surface area contributed by atoms with Gasteiger partial charge in [0.1, 0.15) is 0 Å². The standard InChI is InChI=1S/C17H15BrN2/c1-12-5-7-14-9-13(6-8-17(14)20-12)11-19-16-4-2-3-15(18)10-16/h2-10,19H,11H2,1H3. The fourth-order valence-electron chi connectivity index (χ4n) is 2.19. The lowest BCUT2D eigenvalue weighted by Gasteiger charge is -2.08. The van der Waals surface area contributed by atoms with Crippen molar-refractivity contribution in [3.8, 4) is 0 Å². The van der Waals surface area contributed by atoms with E-state index in [4.69, 9.17) is 0 Å². The number of aromatic nitrogens is 1. The van der Waals surface area contributed by atoms with Gasteiger partial charge < -0.3 is 5.32 Å². The molecular weight excluding hydrogens is 312 g/mol. The van der Waals surface area contributed by atoms with Crippen molar-refractivity contribution in [3.63, 3.8) is 0 Å². The number of rotatable bonds is 3. The van der Waals surface area contributed by atoms with E-state index in [1.807, 2.05) is 25.1 Å². The number of benzene rings is 2. The van der Waals surface area contributed by atoms with Gasteiger partial charge in [-0.1, -0.05) is 34.1 Å². The molecule has 0 aliphatic heterocycles. The maximum atomic E-state index is 4.52. The highest BCUT2D eigenvalue weighted by Gasteiger charge is 1.99. The highest BCUT2D eigenvalue weighted by atomic mass is 79.9. The topological polar surface area (TPSA) is 24.9 Å². The van der Waals surface area contributed by atoms with Crippen LogP contribution in [-0.2, 0) is 6.54 Å². The van der Waals surface area contributed by atoms with Crippen molar-refractivity contribution in [2.24, 2.45) is 0 Å². The third-order valence-corrected chi connectivity index (χ3v) is 3.71. The third kappa shape index (κ3) is 2.99. The van der Waals surface area contributed by atoms with Gasteiger partial charge in [-0.05, 0) is 48.9 Å². The van der Waals surface area contributed by atoms with E-state index in [1.165, 1.54) is 10.9 Å². The van der Waals surface area contributed by atoms with E-state index < -0.39 is 0 Å². The Morgan fingerprint density at radius 1 is 1.05 bits per heavy atom. The molecule has 3 rings (SSSR count). The first kappa shape index (κ1) is 13.1. The Bertz CT molecular complexity index is 753. The molecule has 3 heteroatoms. The van der Waals surface area contributed by atoms with Crippen LogP contribution in [0.5, 0.6) is 0 Å². The zero-order chi connectivity index (χ0) is 13.9. The van der Waals surface area contributed by atoms with Crippen LogP contribution in [0.2, 0.25) is 0 Å². The molecule has 1 heterocycles. The predicted molar refractivity (Wildman–Crippen MR) is 87.9 cm³/mol. The minimum atomic E-state index is 0.806. The molecule has 0 saturated heterocycles. The summed E-state index contributed by atoms with van der Waals surface area (Å²) in [5, 5.41) is 4.61. The summed E-state index contributed by atoms with van der Waals surface area (Å²) in [5.74, 6) is 0. The summed E-state index contributed by atoms with van der Waals surface area (Å²) in [6, 6.07) is 18.8. The lowest BCUT2D eigenvalue weighted by molar-refractivity contribution is 1.15. The number of fused-ring (bicyclic) bond motifs is 1. The maximum absolute atomic E-state index is 4.52. The van der Waals surface area contributed by atoms with Gasteiger partial charge in [-0.2, -0.15) is 0 Å². The minimum absolute atomic E-state index is 0.806. The number of pyridine rings is 1. The van der Waals surface area contributed by atoms with Gasteiger partial charge in [0.05, 0.1) is 5.52 Å². The van der Waals surface area contributed by atoms with Crippen LogP contribution in [0.25, 0.3) is 10.9 Å². The van der Waals surface area contributed by atoms with Gasteiger partial charge in [0.15, 0.2) is 0 Å². The molecule has 0 amide bonds. The Kier molecular flexibility index (Phi) is 3.70.